The normalized spacial score (nSPS) is 21.2. The highest BCUT2D eigenvalue weighted by Gasteiger charge is 2.37. The molecule has 2 saturated heterocycles. The molecule has 2 fully saturated rings. The molecule has 0 unspecified atom stereocenters. The molecular formula is C13H21N5OS. The van der Waals surface area contributed by atoms with Gasteiger partial charge in [-0.1, -0.05) is 18.3 Å². The highest BCUT2D eigenvalue weighted by atomic mass is 32.1. The minimum Gasteiger partial charge on any atom is -0.335 e. The molecule has 0 radical (unpaired) electrons. The van der Waals surface area contributed by atoms with Crippen molar-refractivity contribution in [2.24, 2.45) is 0 Å². The molecule has 110 valence electrons. The van der Waals surface area contributed by atoms with E-state index in [9.17, 15) is 4.79 Å². The van der Waals surface area contributed by atoms with Crippen LogP contribution in [-0.2, 0) is 0 Å². The summed E-state index contributed by atoms with van der Waals surface area (Å²) in [6, 6.07) is 0.532. The Kier molecular flexibility index (Phi) is 4.00. The standard InChI is InChI=1S/C13H21N5OS/c1-9(2)11-12(20-16-15-11)13(19)18-7-10(8-18)17-5-3-14-4-6-17/h9-10,14H,3-8H2,1-2H3. The van der Waals surface area contributed by atoms with Crippen molar-refractivity contribution in [3.8, 4) is 0 Å². The Balaban J connectivity index is 1.59. The Bertz CT molecular complexity index is 477. The second-order valence-corrected chi connectivity index (χ2v) is 6.55. The molecular weight excluding hydrogens is 274 g/mol. The van der Waals surface area contributed by atoms with Crippen LogP contribution in [-0.4, -0.2) is 70.6 Å². The fourth-order valence-corrected chi connectivity index (χ4v) is 3.55. The highest BCUT2D eigenvalue weighted by Crippen LogP contribution is 2.25. The second kappa shape index (κ2) is 5.75. The van der Waals surface area contributed by atoms with Gasteiger partial charge in [0.15, 0.2) is 0 Å². The predicted octanol–water partition coefficient (Wildman–Crippen LogP) is 0.391. The first-order valence-corrected chi connectivity index (χ1v) is 8.00. The highest BCUT2D eigenvalue weighted by molar-refractivity contribution is 7.08. The van der Waals surface area contributed by atoms with E-state index in [4.69, 9.17) is 0 Å². The quantitative estimate of drug-likeness (QED) is 0.874. The van der Waals surface area contributed by atoms with Gasteiger partial charge in [0, 0.05) is 45.3 Å². The summed E-state index contributed by atoms with van der Waals surface area (Å²) >= 11 is 1.22. The number of rotatable bonds is 3. The topological polar surface area (TPSA) is 61.4 Å². The number of carbonyl (C=O) groups is 1. The number of amides is 1. The van der Waals surface area contributed by atoms with E-state index in [0.29, 0.717) is 6.04 Å². The SMILES string of the molecule is CC(C)c1nnsc1C(=O)N1CC(N2CCNCC2)C1. The zero-order valence-corrected chi connectivity index (χ0v) is 12.8. The first-order valence-electron chi connectivity index (χ1n) is 7.23. The Morgan fingerprint density at radius 3 is 2.70 bits per heavy atom. The minimum absolute atomic E-state index is 0.107. The molecule has 1 N–H and O–H groups in total. The number of piperazine rings is 1. The third kappa shape index (κ3) is 2.57. The number of hydrogen-bond donors (Lipinski definition) is 1. The summed E-state index contributed by atoms with van der Waals surface area (Å²) in [5, 5.41) is 7.45. The van der Waals surface area contributed by atoms with Crippen molar-refractivity contribution >= 4 is 17.4 Å². The van der Waals surface area contributed by atoms with Gasteiger partial charge < -0.3 is 10.2 Å². The Morgan fingerprint density at radius 1 is 1.35 bits per heavy atom. The number of hydrogen-bond acceptors (Lipinski definition) is 6. The molecule has 1 aromatic heterocycles. The monoisotopic (exact) mass is 295 g/mol. The fourth-order valence-electron chi connectivity index (χ4n) is 2.77. The zero-order chi connectivity index (χ0) is 14.1. The molecule has 0 atom stereocenters. The van der Waals surface area contributed by atoms with Crippen LogP contribution >= 0.6 is 11.5 Å². The fraction of sp³-hybridized carbons (Fsp3) is 0.769. The lowest BCUT2D eigenvalue weighted by atomic mass is 10.0. The molecule has 0 bridgehead atoms. The molecule has 20 heavy (non-hydrogen) atoms. The molecule has 1 amide bonds. The van der Waals surface area contributed by atoms with E-state index in [0.717, 1.165) is 49.8 Å². The van der Waals surface area contributed by atoms with Crippen LogP contribution in [0, 0.1) is 0 Å². The summed E-state index contributed by atoms with van der Waals surface area (Å²) in [6.07, 6.45) is 0. The number of nitrogens with zero attached hydrogens (tertiary/aromatic N) is 4. The average molecular weight is 295 g/mol. The van der Waals surface area contributed by atoms with Gasteiger partial charge in [0.2, 0.25) is 0 Å². The summed E-state index contributed by atoms with van der Waals surface area (Å²) in [4.78, 5) is 17.6. The number of likely N-dealkylation sites (tertiary alicyclic amines) is 1. The van der Waals surface area contributed by atoms with Crippen LogP contribution in [0.15, 0.2) is 0 Å². The third-order valence-corrected chi connectivity index (χ3v) is 4.80. The average Bonchev–Trinajstić information content (AvgIpc) is 2.87. The first kappa shape index (κ1) is 13.9. The molecule has 1 aromatic rings. The smallest absolute Gasteiger partial charge is 0.267 e. The molecule has 0 saturated carbocycles. The first-order chi connectivity index (χ1) is 9.66. The van der Waals surface area contributed by atoms with Crippen LogP contribution < -0.4 is 5.32 Å². The van der Waals surface area contributed by atoms with Crippen molar-refractivity contribution in [2.45, 2.75) is 25.8 Å². The van der Waals surface area contributed by atoms with Crippen molar-refractivity contribution in [1.82, 2.24) is 24.7 Å². The van der Waals surface area contributed by atoms with Crippen molar-refractivity contribution in [2.75, 3.05) is 39.3 Å². The molecule has 0 spiro atoms. The van der Waals surface area contributed by atoms with Crippen molar-refractivity contribution < 1.29 is 4.79 Å². The van der Waals surface area contributed by atoms with Crippen LogP contribution in [0.3, 0.4) is 0 Å². The summed E-state index contributed by atoms with van der Waals surface area (Å²) < 4.78 is 3.94. The maximum absolute atomic E-state index is 12.5. The lowest BCUT2D eigenvalue weighted by Crippen LogP contribution is -2.63. The maximum Gasteiger partial charge on any atom is 0.267 e. The molecule has 6 nitrogen and oxygen atoms in total. The lowest BCUT2D eigenvalue weighted by Gasteiger charge is -2.46. The van der Waals surface area contributed by atoms with Gasteiger partial charge in [-0.3, -0.25) is 9.69 Å². The van der Waals surface area contributed by atoms with Crippen LogP contribution in [0.1, 0.15) is 35.1 Å². The minimum atomic E-state index is 0.107. The van der Waals surface area contributed by atoms with E-state index in [-0.39, 0.29) is 11.8 Å². The van der Waals surface area contributed by atoms with E-state index < -0.39 is 0 Å². The largest absolute Gasteiger partial charge is 0.335 e. The van der Waals surface area contributed by atoms with E-state index in [1.807, 2.05) is 18.7 Å². The van der Waals surface area contributed by atoms with Gasteiger partial charge in [-0.15, -0.1) is 5.10 Å². The zero-order valence-electron chi connectivity index (χ0n) is 12.0. The van der Waals surface area contributed by atoms with Gasteiger partial charge >= 0.3 is 0 Å². The second-order valence-electron chi connectivity index (χ2n) is 5.79. The molecule has 3 rings (SSSR count). The lowest BCUT2D eigenvalue weighted by molar-refractivity contribution is 0.0229. The van der Waals surface area contributed by atoms with E-state index in [1.165, 1.54) is 11.5 Å². The summed E-state index contributed by atoms with van der Waals surface area (Å²) in [6.45, 7) is 10.1. The molecule has 0 aromatic carbocycles. The predicted molar refractivity (Wildman–Crippen MR) is 78.1 cm³/mol. The summed E-state index contributed by atoms with van der Waals surface area (Å²) in [7, 11) is 0. The molecule has 2 aliphatic rings. The van der Waals surface area contributed by atoms with E-state index >= 15 is 0 Å². The van der Waals surface area contributed by atoms with Gasteiger partial charge in [0.25, 0.3) is 5.91 Å². The number of aromatic nitrogens is 2. The maximum atomic E-state index is 12.5. The van der Waals surface area contributed by atoms with Gasteiger partial charge in [0.1, 0.15) is 4.88 Å². The van der Waals surface area contributed by atoms with Gasteiger partial charge in [0.05, 0.1) is 5.69 Å². The van der Waals surface area contributed by atoms with Crippen molar-refractivity contribution in [1.29, 1.82) is 0 Å². The molecule has 3 heterocycles. The Morgan fingerprint density at radius 2 is 2.05 bits per heavy atom. The van der Waals surface area contributed by atoms with Crippen molar-refractivity contribution in [3.05, 3.63) is 10.6 Å². The van der Waals surface area contributed by atoms with Crippen LogP contribution in [0.4, 0.5) is 0 Å². The molecule has 7 heteroatoms. The Hall–Kier alpha value is -1.05. The number of nitrogens with one attached hydrogen (secondary N) is 1. The van der Waals surface area contributed by atoms with Crippen LogP contribution in [0.5, 0.6) is 0 Å². The van der Waals surface area contributed by atoms with E-state index in [2.05, 4.69) is 19.8 Å². The number of carbonyl (C=O) groups excluding carboxylic acids is 1. The van der Waals surface area contributed by atoms with Crippen LogP contribution in [0.25, 0.3) is 0 Å². The van der Waals surface area contributed by atoms with Gasteiger partial charge in [-0.05, 0) is 17.5 Å². The van der Waals surface area contributed by atoms with Gasteiger partial charge in [-0.2, -0.15) is 0 Å². The van der Waals surface area contributed by atoms with Crippen molar-refractivity contribution in [3.63, 3.8) is 0 Å². The van der Waals surface area contributed by atoms with Crippen LogP contribution in [0.2, 0.25) is 0 Å². The van der Waals surface area contributed by atoms with Gasteiger partial charge in [-0.25, -0.2) is 0 Å². The summed E-state index contributed by atoms with van der Waals surface area (Å²) in [5.41, 5.74) is 0.839. The Labute approximate surface area is 123 Å². The van der Waals surface area contributed by atoms with E-state index in [1.54, 1.807) is 0 Å². The molecule has 2 aliphatic heterocycles. The summed E-state index contributed by atoms with van der Waals surface area (Å²) in [5.74, 6) is 0.355. The molecule has 0 aliphatic carbocycles. The third-order valence-electron chi connectivity index (χ3n) is 4.07.